The Morgan fingerprint density at radius 3 is 2.60 bits per heavy atom. The standard InChI is InChI=1S/C23H20N6O/c1-14-9-16(29-23-18-10-15(24-2)3-6-19(18)25-13-28-23)4-8-22(14)30-17-5-7-20-21(11-17)27-12-26-20/h3-13,24H,1-2H3,(H,26,27)(H,25,28,29). The molecule has 5 rings (SSSR count). The molecule has 0 saturated carbocycles. The monoisotopic (exact) mass is 396 g/mol. The van der Waals surface area contributed by atoms with Gasteiger partial charge in [-0.25, -0.2) is 15.0 Å². The number of imidazole rings is 1. The van der Waals surface area contributed by atoms with E-state index in [2.05, 4.69) is 30.6 Å². The fourth-order valence-corrected chi connectivity index (χ4v) is 3.40. The number of aromatic amines is 1. The van der Waals surface area contributed by atoms with Crippen LogP contribution in [-0.4, -0.2) is 27.0 Å². The molecule has 0 radical (unpaired) electrons. The van der Waals surface area contributed by atoms with Gasteiger partial charge in [0, 0.05) is 29.9 Å². The highest BCUT2D eigenvalue weighted by molar-refractivity contribution is 5.93. The molecule has 0 saturated heterocycles. The van der Waals surface area contributed by atoms with Crippen LogP contribution < -0.4 is 15.4 Å². The quantitative estimate of drug-likeness (QED) is 0.369. The van der Waals surface area contributed by atoms with Gasteiger partial charge < -0.3 is 20.4 Å². The van der Waals surface area contributed by atoms with Crippen molar-refractivity contribution in [3.05, 3.63) is 72.8 Å². The van der Waals surface area contributed by atoms with Gasteiger partial charge in [-0.1, -0.05) is 0 Å². The number of aryl methyl sites for hydroxylation is 1. The zero-order valence-corrected chi connectivity index (χ0v) is 16.6. The van der Waals surface area contributed by atoms with Gasteiger partial charge in [-0.3, -0.25) is 0 Å². The third kappa shape index (κ3) is 3.37. The average molecular weight is 396 g/mol. The molecule has 0 bridgehead atoms. The van der Waals surface area contributed by atoms with Crippen molar-refractivity contribution in [3.8, 4) is 11.5 Å². The molecule has 0 unspecified atom stereocenters. The van der Waals surface area contributed by atoms with Gasteiger partial charge in [0.05, 0.1) is 22.9 Å². The lowest BCUT2D eigenvalue weighted by Gasteiger charge is -2.13. The molecule has 5 aromatic rings. The number of fused-ring (bicyclic) bond motifs is 2. The van der Waals surface area contributed by atoms with E-state index in [4.69, 9.17) is 4.74 Å². The molecule has 0 spiro atoms. The summed E-state index contributed by atoms with van der Waals surface area (Å²) in [5, 5.41) is 7.51. The van der Waals surface area contributed by atoms with E-state index in [-0.39, 0.29) is 0 Å². The first-order chi connectivity index (χ1) is 14.7. The number of hydrogen-bond donors (Lipinski definition) is 3. The van der Waals surface area contributed by atoms with Gasteiger partial charge in [-0.15, -0.1) is 0 Å². The van der Waals surface area contributed by atoms with Crippen LogP contribution in [0.15, 0.2) is 67.3 Å². The molecule has 148 valence electrons. The fourth-order valence-electron chi connectivity index (χ4n) is 3.40. The summed E-state index contributed by atoms with van der Waals surface area (Å²) in [4.78, 5) is 16.1. The van der Waals surface area contributed by atoms with E-state index in [0.717, 1.165) is 56.2 Å². The van der Waals surface area contributed by atoms with E-state index in [1.807, 2.05) is 68.6 Å². The van der Waals surface area contributed by atoms with Crippen LogP contribution in [0.25, 0.3) is 21.9 Å². The van der Waals surface area contributed by atoms with Crippen LogP contribution >= 0.6 is 0 Å². The lowest BCUT2D eigenvalue weighted by molar-refractivity contribution is 0.479. The molecule has 3 N–H and O–H groups in total. The number of nitrogens with zero attached hydrogens (tertiary/aromatic N) is 3. The largest absolute Gasteiger partial charge is 0.457 e. The molecule has 0 amide bonds. The molecule has 7 heteroatoms. The number of rotatable bonds is 5. The van der Waals surface area contributed by atoms with Crippen molar-refractivity contribution in [2.24, 2.45) is 0 Å². The smallest absolute Gasteiger partial charge is 0.141 e. The zero-order valence-electron chi connectivity index (χ0n) is 16.6. The number of benzene rings is 3. The van der Waals surface area contributed by atoms with E-state index < -0.39 is 0 Å². The second-order valence-corrected chi connectivity index (χ2v) is 6.99. The molecule has 0 aliphatic carbocycles. The van der Waals surface area contributed by atoms with E-state index in [9.17, 15) is 0 Å². The van der Waals surface area contributed by atoms with Gasteiger partial charge in [0.1, 0.15) is 23.6 Å². The molecule has 0 fully saturated rings. The Morgan fingerprint density at radius 1 is 0.867 bits per heavy atom. The van der Waals surface area contributed by atoms with Crippen LogP contribution in [0, 0.1) is 6.92 Å². The first-order valence-electron chi connectivity index (χ1n) is 9.61. The molecule has 0 aliphatic heterocycles. The summed E-state index contributed by atoms with van der Waals surface area (Å²) in [7, 11) is 1.89. The van der Waals surface area contributed by atoms with Crippen molar-refractivity contribution in [3.63, 3.8) is 0 Å². The minimum Gasteiger partial charge on any atom is -0.457 e. The van der Waals surface area contributed by atoms with E-state index in [0.29, 0.717) is 0 Å². The van der Waals surface area contributed by atoms with Crippen molar-refractivity contribution in [2.75, 3.05) is 17.7 Å². The Kier molecular flexibility index (Phi) is 4.40. The molecule has 3 aromatic carbocycles. The van der Waals surface area contributed by atoms with E-state index >= 15 is 0 Å². The second kappa shape index (κ2) is 7.36. The molecule has 7 nitrogen and oxygen atoms in total. The van der Waals surface area contributed by atoms with Crippen LogP contribution in [0.3, 0.4) is 0 Å². The maximum Gasteiger partial charge on any atom is 0.141 e. The Labute approximate surface area is 173 Å². The van der Waals surface area contributed by atoms with E-state index in [1.54, 1.807) is 12.7 Å². The van der Waals surface area contributed by atoms with E-state index in [1.165, 1.54) is 0 Å². The summed E-state index contributed by atoms with van der Waals surface area (Å²) in [6.45, 7) is 2.02. The van der Waals surface area contributed by atoms with Crippen LogP contribution in [0.5, 0.6) is 11.5 Å². The number of anilines is 3. The number of nitrogens with one attached hydrogen (secondary N) is 3. The van der Waals surface area contributed by atoms with Gasteiger partial charge in [-0.05, 0) is 61.0 Å². The molecule has 2 aromatic heterocycles. The van der Waals surface area contributed by atoms with Crippen LogP contribution in [-0.2, 0) is 0 Å². The van der Waals surface area contributed by atoms with Crippen LogP contribution in [0.2, 0.25) is 0 Å². The van der Waals surface area contributed by atoms with Crippen LogP contribution in [0.4, 0.5) is 17.2 Å². The number of hydrogen-bond acceptors (Lipinski definition) is 6. The Morgan fingerprint density at radius 2 is 1.73 bits per heavy atom. The van der Waals surface area contributed by atoms with Crippen molar-refractivity contribution < 1.29 is 4.74 Å². The lowest BCUT2D eigenvalue weighted by atomic mass is 10.1. The number of aromatic nitrogens is 4. The minimum atomic E-state index is 0.759. The van der Waals surface area contributed by atoms with Crippen molar-refractivity contribution in [1.29, 1.82) is 0 Å². The summed E-state index contributed by atoms with van der Waals surface area (Å²) in [6, 6.07) is 17.8. The maximum atomic E-state index is 6.08. The van der Waals surface area contributed by atoms with Gasteiger partial charge >= 0.3 is 0 Å². The van der Waals surface area contributed by atoms with Crippen molar-refractivity contribution >= 4 is 39.1 Å². The first kappa shape index (κ1) is 17.9. The Hall–Kier alpha value is -4.13. The third-order valence-corrected chi connectivity index (χ3v) is 4.98. The third-order valence-electron chi connectivity index (χ3n) is 4.98. The Balaban J connectivity index is 1.41. The second-order valence-electron chi connectivity index (χ2n) is 6.99. The molecule has 0 aliphatic rings. The van der Waals surface area contributed by atoms with Crippen molar-refractivity contribution in [2.45, 2.75) is 6.92 Å². The summed E-state index contributed by atoms with van der Waals surface area (Å²) >= 11 is 0. The predicted molar refractivity (Wildman–Crippen MR) is 120 cm³/mol. The summed E-state index contributed by atoms with van der Waals surface area (Å²) in [6.07, 6.45) is 3.25. The van der Waals surface area contributed by atoms with Gasteiger partial charge in [-0.2, -0.15) is 0 Å². The molecule has 0 atom stereocenters. The average Bonchev–Trinajstić information content (AvgIpc) is 3.23. The minimum absolute atomic E-state index is 0.759. The SMILES string of the molecule is CNc1ccc2ncnc(Nc3ccc(Oc4ccc5nc[nH]c5c4)c(C)c3)c2c1. The highest BCUT2D eigenvalue weighted by atomic mass is 16.5. The molecule has 30 heavy (non-hydrogen) atoms. The van der Waals surface area contributed by atoms with Gasteiger partial charge in [0.15, 0.2) is 0 Å². The van der Waals surface area contributed by atoms with Gasteiger partial charge in [0.25, 0.3) is 0 Å². The highest BCUT2D eigenvalue weighted by Crippen LogP contribution is 2.31. The molecule has 2 heterocycles. The Bertz CT molecular complexity index is 1360. The number of ether oxygens (including phenoxy) is 1. The molecular formula is C23H20N6O. The first-order valence-corrected chi connectivity index (χ1v) is 9.61. The topological polar surface area (TPSA) is 87.8 Å². The number of H-pyrrole nitrogens is 1. The highest BCUT2D eigenvalue weighted by Gasteiger charge is 2.08. The van der Waals surface area contributed by atoms with Gasteiger partial charge in [0.2, 0.25) is 0 Å². The summed E-state index contributed by atoms with van der Waals surface area (Å²) < 4.78 is 6.08. The predicted octanol–water partition coefficient (Wildman–Crippen LogP) is 5.39. The fraction of sp³-hybridized carbons (Fsp3) is 0.0870. The van der Waals surface area contributed by atoms with Crippen LogP contribution in [0.1, 0.15) is 5.56 Å². The maximum absolute atomic E-state index is 6.08. The summed E-state index contributed by atoms with van der Waals surface area (Å²) in [5.74, 6) is 2.32. The van der Waals surface area contributed by atoms with Crippen molar-refractivity contribution in [1.82, 2.24) is 19.9 Å². The lowest BCUT2D eigenvalue weighted by Crippen LogP contribution is -1.98. The zero-order chi connectivity index (χ0) is 20.5. The summed E-state index contributed by atoms with van der Waals surface area (Å²) in [5.41, 5.74) is 5.70. The molecular weight excluding hydrogens is 376 g/mol. The normalized spacial score (nSPS) is 11.0.